The molecule has 0 amide bonds. The number of nitriles is 1. The number of aromatic nitrogens is 2. The quantitative estimate of drug-likeness (QED) is 0.540. The molecule has 0 bridgehead atoms. The maximum atomic E-state index is 14.9. The Hall–Kier alpha value is -2.03. The number of hydrogen-bond donors (Lipinski definition) is 1. The third-order valence-electron chi connectivity index (χ3n) is 5.36. The number of rotatable bonds is 4. The smallest absolute Gasteiger partial charge is 0.375 e. The molecular weight excluding hydrogens is 434 g/mol. The molecule has 2 fully saturated rings. The van der Waals surface area contributed by atoms with Crippen molar-refractivity contribution in [2.75, 3.05) is 31.6 Å². The van der Waals surface area contributed by atoms with Gasteiger partial charge in [-0.05, 0) is 37.2 Å². The number of nitrogens with one attached hydrogen (secondary N) is 1. The second-order valence-electron chi connectivity index (χ2n) is 7.31. The first-order valence-corrected chi connectivity index (χ1v) is 10.9. The molecule has 2 saturated heterocycles. The minimum absolute atomic E-state index is 0.0358. The molecule has 2 aliphatic heterocycles. The molecule has 1 N–H and O–H groups in total. The van der Waals surface area contributed by atoms with Crippen LogP contribution in [0.4, 0.5) is 23.4 Å². The van der Waals surface area contributed by atoms with Crippen LogP contribution >= 0.6 is 11.8 Å². The van der Waals surface area contributed by atoms with E-state index in [9.17, 15) is 22.8 Å². The average molecular weight is 460 g/mol. The van der Waals surface area contributed by atoms with Crippen LogP contribution in [0.3, 0.4) is 0 Å². The van der Waals surface area contributed by atoms with Crippen LogP contribution in [0, 0.1) is 18.3 Å². The van der Waals surface area contributed by atoms with Crippen LogP contribution in [0.2, 0.25) is 0 Å². The number of pyridine rings is 1. The Balaban J connectivity index is 0.00000132. The molecule has 170 valence electrons. The standard InChI is InChI=1S/C18H19F4N5OS.C2H6/c1-11-16(29-18(20,21)22)14-3-2-4-15(27(14)25-11)24-13-5-6-26(7-12(13)19)17(8-23)9-28-10-17;1-2/h2-4,12-13,24H,5-7,9-10H2,1H3;1-2H3. The van der Waals surface area contributed by atoms with Gasteiger partial charge < -0.3 is 10.1 Å². The van der Waals surface area contributed by atoms with E-state index < -0.39 is 23.3 Å². The first kappa shape index (κ1) is 23.6. The minimum atomic E-state index is -4.42. The van der Waals surface area contributed by atoms with E-state index in [2.05, 4.69) is 16.5 Å². The summed E-state index contributed by atoms with van der Waals surface area (Å²) < 4.78 is 60.0. The number of anilines is 1. The number of likely N-dealkylation sites (tertiary alicyclic amines) is 1. The number of ether oxygens (including phenoxy) is 1. The number of piperidine rings is 1. The molecule has 11 heteroatoms. The number of halogens is 4. The van der Waals surface area contributed by atoms with E-state index in [1.807, 2.05) is 18.7 Å². The lowest BCUT2D eigenvalue weighted by Gasteiger charge is -2.48. The van der Waals surface area contributed by atoms with Gasteiger partial charge in [0, 0.05) is 13.1 Å². The Bertz CT molecular complexity index is 953. The lowest BCUT2D eigenvalue weighted by molar-refractivity contribution is -0.121. The predicted molar refractivity (Wildman–Crippen MR) is 111 cm³/mol. The molecule has 0 saturated carbocycles. The van der Waals surface area contributed by atoms with Crippen molar-refractivity contribution in [2.24, 2.45) is 0 Å². The predicted octanol–water partition coefficient (Wildman–Crippen LogP) is 4.40. The molecule has 4 rings (SSSR count). The summed E-state index contributed by atoms with van der Waals surface area (Å²) in [5, 5.41) is 16.7. The van der Waals surface area contributed by atoms with Gasteiger partial charge in [-0.25, -0.2) is 8.91 Å². The fraction of sp³-hybridized carbons (Fsp3) is 0.600. The molecule has 2 aromatic heterocycles. The van der Waals surface area contributed by atoms with Crippen molar-refractivity contribution < 1.29 is 22.3 Å². The third-order valence-corrected chi connectivity index (χ3v) is 6.30. The van der Waals surface area contributed by atoms with Crippen molar-refractivity contribution >= 4 is 23.1 Å². The molecule has 0 spiro atoms. The van der Waals surface area contributed by atoms with Crippen LogP contribution in [0.15, 0.2) is 23.1 Å². The zero-order valence-electron chi connectivity index (χ0n) is 17.5. The summed E-state index contributed by atoms with van der Waals surface area (Å²) in [6.45, 7) is 6.69. The Kier molecular flexibility index (Phi) is 7.03. The Morgan fingerprint density at radius 3 is 2.58 bits per heavy atom. The zero-order valence-corrected chi connectivity index (χ0v) is 18.4. The van der Waals surface area contributed by atoms with E-state index in [1.165, 1.54) is 11.4 Å². The van der Waals surface area contributed by atoms with E-state index in [4.69, 9.17) is 4.74 Å². The van der Waals surface area contributed by atoms with Crippen molar-refractivity contribution in [1.29, 1.82) is 5.26 Å². The maximum absolute atomic E-state index is 14.9. The third kappa shape index (κ3) is 4.76. The van der Waals surface area contributed by atoms with E-state index in [0.717, 1.165) is 0 Å². The summed E-state index contributed by atoms with van der Waals surface area (Å²) in [7, 11) is 0. The molecule has 2 atom stereocenters. The first-order valence-electron chi connectivity index (χ1n) is 10.1. The average Bonchev–Trinajstić information content (AvgIpc) is 3.00. The summed E-state index contributed by atoms with van der Waals surface area (Å²) in [6, 6.07) is 6.54. The Morgan fingerprint density at radius 2 is 2.03 bits per heavy atom. The number of aryl methyl sites for hydroxylation is 1. The topological polar surface area (TPSA) is 65.6 Å². The maximum Gasteiger partial charge on any atom is 0.446 e. The fourth-order valence-corrected chi connectivity index (χ4v) is 4.45. The largest absolute Gasteiger partial charge is 0.446 e. The highest BCUT2D eigenvalue weighted by Crippen LogP contribution is 2.41. The number of alkyl halides is 4. The number of nitrogens with zero attached hydrogens (tertiary/aromatic N) is 4. The lowest BCUT2D eigenvalue weighted by atomic mass is 9.92. The number of fused-ring (bicyclic) bond motifs is 1. The molecule has 0 aliphatic carbocycles. The summed E-state index contributed by atoms with van der Waals surface area (Å²) in [4.78, 5) is 1.85. The highest BCUT2D eigenvalue weighted by molar-refractivity contribution is 8.00. The van der Waals surface area contributed by atoms with Crippen molar-refractivity contribution in [2.45, 2.75) is 55.3 Å². The van der Waals surface area contributed by atoms with E-state index in [0.29, 0.717) is 24.3 Å². The highest BCUT2D eigenvalue weighted by atomic mass is 32.2. The van der Waals surface area contributed by atoms with Gasteiger partial charge in [-0.1, -0.05) is 19.9 Å². The van der Waals surface area contributed by atoms with Gasteiger partial charge in [0.2, 0.25) is 0 Å². The molecule has 4 heterocycles. The van der Waals surface area contributed by atoms with Crippen LogP contribution in [0.5, 0.6) is 0 Å². The molecular formula is C20H25F4N5OS. The Labute approximate surface area is 182 Å². The second kappa shape index (κ2) is 9.22. The fourth-order valence-electron chi connectivity index (χ4n) is 3.77. The highest BCUT2D eigenvalue weighted by Gasteiger charge is 2.48. The SMILES string of the molecule is CC.Cc1nn2c(NC3CCN(C4(C#N)COC4)CC3F)cccc2c1SC(F)(F)F. The van der Waals surface area contributed by atoms with E-state index in [-0.39, 0.29) is 42.1 Å². The molecule has 0 aromatic carbocycles. The van der Waals surface area contributed by atoms with E-state index in [1.54, 1.807) is 18.2 Å². The van der Waals surface area contributed by atoms with Crippen molar-refractivity contribution in [3.8, 4) is 6.07 Å². The van der Waals surface area contributed by atoms with Crippen molar-refractivity contribution in [1.82, 2.24) is 14.5 Å². The van der Waals surface area contributed by atoms with Crippen molar-refractivity contribution in [3.05, 3.63) is 23.9 Å². The normalized spacial score (nSPS) is 23.4. The van der Waals surface area contributed by atoms with Gasteiger partial charge in [-0.15, -0.1) is 0 Å². The summed E-state index contributed by atoms with van der Waals surface area (Å²) >= 11 is -0.201. The van der Waals surface area contributed by atoms with Gasteiger partial charge in [0.25, 0.3) is 0 Å². The minimum Gasteiger partial charge on any atom is -0.375 e. The van der Waals surface area contributed by atoms with Gasteiger partial charge in [-0.2, -0.15) is 23.5 Å². The van der Waals surface area contributed by atoms with Gasteiger partial charge in [0.1, 0.15) is 12.0 Å². The van der Waals surface area contributed by atoms with Crippen LogP contribution in [0.1, 0.15) is 26.0 Å². The molecule has 2 aliphatic rings. The number of hydrogen-bond acceptors (Lipinski definition) is 6. The van der Waals surface area contributed by atoms with Crippen LogP contribution in [-0.2, 0) is 4.74 Å². The van der Waals surface area contributed by atoms with Gasteiger partial charge in [0.15, 0.2) is 5.54 Å². The monoisotopic (exact) mass is 459 g/mol. The van der Waals surface area contributed by atoms with Crippen LogP contribution in [-0.4, -0.2) is 64.1 Å². The molecule has 2 aromatic rings. The molecule has 0 radical (unpaired) electrons. The van der Waals surface area contributed by atoms with Crippen LogP contribution < -0.4 is 5.32 Å². The number of thioether (sulfide) groups is 1. The summed E-state index contributed by atoms with van der Waals surface area (Å²) in [5.74, 6) is 0.433. The van der Waals surface area contributed by atoms with Gasteiger partial charge in [-0.3, -0.25) is 4.90 Å². The first-order chi connectivity index (χ1) is 14.7. The zero-order chi connectivity index (χ0) is 22.8. The molecule has 31 heavy (non-hydrogen) atoms. The molecule has 6 nitrogen and oxygen atoms in total. The summed E-state index contributed by atoms with van der Waals surface area (Å²) in [6.07, 6.45) is -0.795. The van der Waals surface area contributed by atoms with Crippen LogP contribution in [0.25, 0.3) is 5.52 Å². The van der Waals surface area contributed by atoms with E-state index >= 15 is 0 Å². The second-order valence-corrected chi connectivity index (χ2v) is 8.38. The summed E-state index contributed by atoms with van der Waals surface area (Å²) in [5.41, 5.74) is -4.60. The molecule has 2 unspecified atom stereocenters. The van der Waals surface area contributed by atoms with Crippen molar-refractivity contribution in [3.63, 3.8) is 0 Å². The van der Waals surface area contributed by atoms with Gasteiger partial charge >= 0.3 is 5.51 Å². The lowest BCUT2D eigenvalue weighted by Crippen LogP contribution is -2.65. The Morgan fingerprint density at radius 1 is 1.32 bits per heavy atom. The van der Waals surface area contributed by atoms with Gasteiger partial charge in [0.05, 0.1) is 41.4 Å².